The molecule has 0 radical (unpaired) electrons. The molecule has 2 aromatic rings. The van der Waals surface area contributed by atoms with Gasteiger partial charge in [0.25, 0.3) is 0 Å². The van der Waals surface area contributed by atoms with Crippen LogP contribution in [-0.2, 0) is 6.42 Å². The average Bonchev–Trinajstić information content (AvgIpc) is 2.43. The molecule has 1 atom stereocenters. The number of nitrogens with two attached hydrogens (primary N) is 1. The number of hydrogen-bond donors (Lipinski definition) is 1. The van der Waals surface area contributed by atoms with Gasteiger partial charge in [-0.1, -0.05) is 23.7 Å². The minimum atomic E-state index is -0.308. The molecule has 0 bridgehead atoms. The molecule has 2 aromatic carbocycles. The van der Waals surface area contributed by atoms with E-state index in [9.17, 15) is 4.39 Å². The third-order valence-electron chi connectivity index (χ3n) is 2.97. The molecule has 0 aliphatic carbocycles. The largest absolute Gasteiger partial charge is 0.497 e. The summed E-state index contributed by atoms with van der Waals surface area (Å²) in [4.78, 5) is 0. The summed E-state index contributed by atoms with van der Waals surface area (Å²) in [7, 11) is 1.61. The lowest BCUT2D eigenvalue weighted by molar-refractivity contribution is 0.414. The van der Waals surface area contributed by atoms with Crippen LogP contribution in [0.1, 0.15) is 17.2 Å². The maximum Gasteiger partial charge on any atom is 0.123 e. The van der Waals surface area contributed by atoms with Gasteiger partial charge in [-0.15, -0.1) is 0 Å². The van der Waals surface area contributed by atoms with Crippen LogP contribution < -0.4 is 10.5 Å². The molecule has 0 aliphatic heterocycles. The fourth-order valence-electron chi connectivity index (χ4n) is 1.93. The molecule has 2 N–H and O–H groups in total. The number of hydrogen-bond acceptors (Lipinski definition) is 2. The predicted octanol–water partition coefficient (Wildman–Crippen LogP) is 3.73. The maximum absolute atomic E-state index is 13.2. The molecule has 2 nitrogen and oxygen atoms in total. The Hall–Kier alpha value is -1.58. The smallest absolute Gasteiger partial charge is 0.123 e. The number of benzene rings is 2. The van der Waals surface area contributed by atoms with Gasteiger partial charge in [-0.2, -0.15) is 0 Å². The predicted molar refractivity (Wildman–Crippen MR) is 75.0 cm³/mol. The Bertz CT molecular complexity index is 574. The first-order valence-corrected chi connectivity index (χ1v) is 6.31. The first kappa shape index (κ1) is 13.8. The number of ether oxygens (including phenoxy) is 1. The van der Waals surface area contributed by atoms with E-state index in [1.807, 2.05) is 24.3 Å². The first-order valence-electron chi connectivity index (χ1n) is 5.93. The Morgan fingerprint density at radius 3 is 2.79 bits per heavy atom. The SMILES string of the molecule is COc1cccc(C(N)Cc2cc(F)ccc2Cl)c1. The minimum Gasteiger partial charge on any atom is -0.497 e. The maximum atomic E-state index is 13.2. The lowest BCUT2D eigenvalue weighted by atomic mass is 9.99. The van der Waals surface area contributed by atoms with E-state index in [2.05, 4.69) is 0 Å². The summed E-state index contributed by atoms with van der Waals surface area (Å²) in [5, 5.41) is 0.528. The molecule has 4 heteroatoms. The van der Waals surface area contributed by atoms with Gasteiger partial charge < -0.3 is 10.5 Å². The Labute approximate surface area is 117 Å². The van der Waals surface area contributed by atoms with Gasteiger partial charge in [0.15, 0.2) is 0 Å². The monoisotopic (exact) mass is 279 g/mol. The zero-order chi connectivity index (χ0) is 13.8. The van der Waals surface area contributed by atoms with Crippen LogP contribution in [0.5, 0.6) is 5.75 Å². The van der Waals surface area contributed by atoms with Crippen molar-refractivity contribution in [3.05, 3.63) is 64.4 Å². The fraction of sp³-hybridized carbons (Fsp3) is 0.200. The molecule has 100 valence electrons. The van der Waals surface area contributed by atoms with Crippen molar-refractivity contribution < 1.29 is 9.13 Å². The van der Waals surface area contributed by atoms with Crippen LogP contribution in [0.3, 0.4) is 0 Å². The van der Waals surface area contributed by atoms with Crippen LogP contribution in [0.2, 0.25) is 5.02 Å². The molecule has 0 saturated carbocycles. The van der Waals surface area contributed by atoms with Crippen molar-refractivity contribution in [2.75, 3.05) is 7.11 Å². The van der Waals surface area contributed by atoms with Crippen LogP contribution in [0.25, 0.3) is 0 Å². The van der Waals surface area contributed by atoms with Crippen molar-refractivity contribution in [2.24, 2.45) is 5.73 Å². The Kier molecular flexibility index (Phi) is 4.40. The van der Waals surface area contributed by atoms with E-state index in [0.717, 1.165) is 11.3 Å². The third kappa shape index (κ3) is 3.46. The van der Waals surface area contributed by atoms with Crippen LogP contribution in [0.15, 0.2) is 42.5 Å². The highest BCUT2D eigenvalue weighted by Crippen LogP contribution is 2.24. The van der Waals surface area contributed by atoms with Crippen LogP contribution in [0, 0.1) is 5.82 Å². The Morgan fingerprint density at radius 1 is 1.26 bits per heavy atom. The van der Waals surface area contributed by atoms with Crippen molar-refractivity contribution in [1.82, 2.24) is 0 Å². The second kappa shape index (κ2) is 6.04. The van der Waals surface area contributed by atoms with Gasteiger partial charge in [0.2, 0.25) is 0 Å². The fourth-order valence-corrected chi connectivity index (χ4v) is 2.12. The highest BCUT2D eigenvalue weighted by molar-refractivity contribution is 6.31. The highest BCUT2D eigenvalue weighted by Gasteiger charge is 2.11. The summed E-state index contributed by atoms with van der Waals surface area (Å²) < 4.78 is 18.4. The highest BCUT2D eigenvalue weighted by atomic mass is 35.5. The molecule has 0 saturated heterocycles. The van der Waals surface area contributed by atoms with Crippen molar-refractivity contribution in [3.63, 3.8) is 0 Å². The van der Waals surface area contributed by atoms with Gasteiger partial charge in [-0.05, 0) is 47.9 Å². The third-order valence-corrected chi connectivity index (χ3v) is 3.34. The molecule has 1 unspecified atom stereocenters. The minimum absolute atomic E-state index is 0.255. The zero-order valence-electron chi connectivity index (χ0n) is 10.6. The Balaban J connectivity index is 2.20. The van der Waals surface area contributed by atoms with Crippen LogP contribution in [-0.4, -0.2) is 7.11 Å². The van der Waals surface area contributed by atoms with Crippen LogP contribution in [0.4, 0.5) is 4.39 Å². The van der Waals surface area contributed by atoms with E-state index < -0.39 is 0 Å². The molecule has 0 heterocycles. The van der Waals surface area contributed by atoms with E-state index >= 15 is 0 Å². The Morgan fingerprint density at radius 2 is 2.05 bits per heavy atom. The summed E-state index contributed by atoms with van der Waals surface area (Å²) in [5.74, 6) is 0.440. The van der Waals surface area contributed by atoms with Crippen molar-refractivity contribution in [1.29, 1.82) is 0 Å². The molecule has 19 heavy (non-hydrogen) atoms. The topological polar surface area (TPSA) is 35.2 Å². The van der Waals surface area contributed by atoms with Crippen molar-refractivity contribution in [3.8, 4) is 5.75 Å². The quantitative estimate of drug-likeness (QED) is 0.925. The molecular formula is C15H15ClFNO. The lowest BCUT2D eigenvalue weighted by Gasteiger charge is -2.14. The summed E-state index contributed by atoms with van der Waals surface area (Å²) >= 11 is 6.04. The zero-order valence-corrected chi connectivity index (χ0v) is 11.3. The van der Waals surface area contributed by atoms with E-state index in [0.29, 0.717) is 17.0 Å². The second-order valence-electron chi connectivity index (χ2n) is 4.32. The summed E-state index contributed by atoms with van der Waals surface area (Å²) in [6.07, 6.45) is 0.476. The first-order chi connectivity index (χ1) is 9.10. The van der Waals surface area contributed by atoms with Gasteiger partial charge in [0.1, 0.15) is 11.6 Å². The molecule has 0 aliphatic rings. The van der Waals surface area contributed by atoms with Gasteiger partial charge in [-0.3, -0.25) is 0 Å². The van der Waals surface area contributed by atoms with Crippen molar-refractivity contribution in [2.45, 2.75) is 12.5 Å². The molecule has 0 aromatic heterocycles. The number of halogens is 2. The number of rotatable bonds is 4. The standard InChI is InChI=1S/C15H15ClFNO/c1-19-13-4-2-3-10(8-13)15(18)9-11-7-12(17)5-6-14(11)16/h2-8,15H,9,18H2,1H3. The van der Waals surface area contributed by atoms with Gasteiger partial charge >= 0.3 is 0 Å². The van der Waals surface area contributed by atoms with Crippen molar-refractivity contribution >= 4 is 11.6 Å². The molecule has 0 spiro atoms. The van der Waals surface area contributed by atoms with E-state index in [1.165, 1.54) is 12.1 Å². The van der Waals surface area contributed by atoms with Crippen LogP contribution >= 0.6 is 11.6 Å². The summed E-state index contributed by atoms with van der Waals surface area (Å²) in [6, 6.07) is 11.6. The van der Waals surface area contributed by atoms with E-state index in [1.54, 1.807) is 13.2 Å². The summed E-state index contributed by atoms with van der Waals surface area (Å²) in [6.45, 7) is 0. The summed E-state index contributed by atoms with van der Waals surface area (Å²) in [5.41, 5.74) is 7.77. The van der Waals surface area contributed by atoms with Gasteiger partial charge in [-0.25, -0.2) is 4.39 Å². The van der Waals surface area contributed by atoms with E-state index in [-0.39, 0.29) is 11.9 Å². The van der Waals surface area contributed by atoms with Gasteiger partial charge in [0, 0.05) is 11.1 Å². The molecular weight excluding hydrogens is 265 g/mol. The second-order valence-corrected chi connectivity index (χ2v) is 4.73. The lowest BCUT2D eigenvalue weighted by Crippen LogP contribution is -2.13. The molecule has 0 amide bonds. The normalized spacial score (nSPS) is 12.2. The average molecular weight is 280 g/mol. The van der Waals surface area contributed by atoms with Gasteiger partial charge in [0.05, 0.1) is 7.11 Å². The molecule has 0 fully saturated rings. The number of methoxy groups -OCH3 is 1. The van der Waals surface area contributed by atoms with E-state index in [4.69, 9.17) is 22.1 Å². The molecule has 2 rings (SSSR count).